The molecule has 2 aromatic rings. The quantitative estimate of drug-likeness (QED) is 0.811. The number of carbonyl (C=O) groups excluding carboxylic acids is 2. The number of hydrogen-bond donors (Lipinski definition) is 2. The third-order valence-corrected chi connectivity index (χ3v) is 6.28. The van der Waals surface area contributed by atoms with Gasteiger partial charge < -0.3 is 10.6 Å². The number of carbonyl (C=O) groups is 2. The summed E-state index contributed by atoms with van der Waals surface area (Å²) in [5.74, 6) is -0.986. The van der Waals surface area contributed by atoms with E-state index in [9.17, 15) is 14.0 Å². The van der Waals surface area contributed by atoms with Gasteiger partial charge in [-0.2, -0.15) is 0 Å². The summed E-state index contributed by atoms with van der Waals surface area (Å²) in [7, 11) is 0. The Bertz CT molecular complexity index is 830. The van der Waals surface area contributed by atoms with Crippen LogP contribution in [0.1, 0.15) is 36.4 Å². The van der Waals surface area contributed by atoms with Crippen molar-refractivity contribution in [3.63, 3.8) is 0 Å². The number of thiazole rings is 1. The lowest BCUT2D eigenvalue weighted by Crippen LogP contribution is -2.48. The van der Waals surface area contributed by atoms with Gasteiger partial charge in [0.1, 0.15) is 21.7 Å². The summed E-state index contributed by atoms with van der Waals surface area (Å²) in [6.45, 7) is 4.59. The zero-order valence-electron chi connectivity index (χ0n) is 14.4. The molecule has 1 fully saturated rings. The molecule has 3 rings (SSSR count). The fourth-order valence-corrected chi connectivity index (χ4v) is 4.29. The van der Waals surface area contributed by atoms with Gasteiger partial charge in [0.25, 0.3) is 5.91 Å². The first-order valence-corrected chi connectivity index (χ1v) is 9.59. The maximum Gasteiger partial charge on any atom is 0.263 e. The standard InChI is InChI=1S/C18H19ClFN3O2S/c1-3-18(4-2)9-22-16(25)14(18)23-15(24)13-8-21-17(26-13)10-5-11(19)7-12(20)6-10/h5-8,14H,3-4,9H2,1-2H3,(H,22,25)(H,23,24)/t14-/m1/s1. The van der Waals surface area contributed by atoms with Crippen LogP contribution in [0, 0.1) is 11.2 Å². The predicted molar refractivity (Wildman–Crippen MR) is 99.8 cm³/mol. The summed E-state index contributed by atoms with van der Waals surface area (Å²) in [5.41, 5.74) is 0.227. The average molecular weight is 396 g/mol. The molecule has 2 heterocycles. The van der Waals surface area contributed by atoms with Crippen molar-refractivity contribution in [2.75, 3.05) is 6.54 Å². The van der Waals surface area contributed by atoms with Crippen molar-refractivity contribution in [2.45, 2.75) is 32.7 Å². The molecule has 5 nitrogen and oxygen atoms in total. The van der Waals surface area contributed by atoms with Gasteiger partial charge in [0.2, 0.25) is 5.91 Å². The number of nitrogens with zero attached hydrogens (tertiary/aromatic N) is 1. The molecule has 138 valence electrons. The van der Waals surface area contributed by atoms with Gasteiger partial charge in [0.15, 0.2) is 0 Å². The summed E-state index contributed by atoms with van der Waals surface area (Å²) >= 11 is 7.01. The fraction of sp³-hybridized carbons (Fsp3) is 0.389. The summed E-state index contributed by atoms with van der Waals surface area (Å²) < 4.78 is 13.5. The van der Waals surface area contributed by atoms with Crippen LogP contribution in [0.15, 0.2) is 24.4 Å². The zero-order chi connectivity index (χ0) is 18.9. The van der Waals surface area contributed by atoms with E-state index < -0.39 is 11.9 Å². The lowest BCUT2D eigenvalue weighted by Gasteiger charge is -2.31. The monoisotopic (exact) mass is 395 g/mol. The molecule has 0 radical (unpaired) electrons. The second-order valence-corrected chi connectivity index (χ2v) is 7.85. The number of aromatic nitrogens is 1. The van der Waals surface area contributed by atoms with E-state index in [0.717, 1.165) is 24.2 Å². The molecule has 0 saturated carbocycles. The molecule has 1 saturated heterocycles. The third kappa shape index (κ3) is 3.46. The average Bonchev–Trinajstić information content (AvgIpc) is 3.21. The van der Waals surface area contributed by atoms with Crippen LogP contribution in [0.25, 0.3) is 10.6 Å². The summed E-state index contributed by atoms with van der Waals surface area (Å²) in [6.07, 6.45) is 2.99. The van der Waals surface area contributed by atoms with Crippen molar-refractivity contribution in [2.24, 2.45) is 5.41 Å². The Labute approximate surface area is 160 Å². The molecule has 1 aromatic carbocycles. The van der Waals surface area contributed by atoms with E-state index in [1.54, 1.807) is 6.07 Å². The van der Waals surface area contributed by atoms with Gasteiger partial charge in [-0.3, -0.25) is 9.59 Å². The van der Waals surface area contributed by atoms with E-state index in [4.69, 9.17) is 11.6 Å². The number of nitrogens with one attached hydrogen (secondary N) is 2. The molecule has 1 aromatic heterocycles. The summed E-state index contributed by atoms with van der Waals surface area (Å²) in [4.78, 5) is 29.4. The van der Waals surface area contributed by atoms with E-state index in [-0.39, 0.29) is 22.3 Å². The first-order chi connectivity index (χ1) is 12.4. The Morgan fingerprint density at radius 1 is 1.42 bits per heavy atom. The zero-order valence-corrected chi connectivity index (χ0v) is 16.0. The summed E-state index contributed by atoms with van der Waals surface area (Å²) in [5, 5.41) is 6.44. The van der Waals surface area contributed by atoms with Gasteiger partial charge in [0.05, 0.1) is 6.20 Å². The van der Waals surface area contributed by atoms with Gasteiger partial charge in [0, 0.05) is 22.5 Å². The predicted octanol–water partition coefficient (Wildman–Crippen LogP) is 3.64. The molecule has 2 amide bonds. The molecule has 2 N–H and O–H groups in total. The van der Waals surface area contributed by atoms with Crippen LogP contribution in [-0.2, 0) is 4.79 Å². The van der Waals surface area contributed by atoms with Crippen molar-refractivity contribution in [3.05, 3.63) is 40.1 Å². The van der Waals surface area contributed by atoms with E-state index in [1.807, 2.05) is 13.8 Å². The number of hydrogen-bond acceptors (Lipinski definition) is 4. The topological polar surface area (TPSA) is 71.1 Å². The van der Waals surface area contributed by atoms with Gasteiger partial charge in [-0.25, -0.2) is 9.37 Å². The van der Waals surface area contributed by atoms with Crippen LogP contribution >= 0.6 is 22.9 Å². The van der Waals surface area contributed by atoms with Crippen molar-refractivity contribution in [1.82, 2.24) is 15.6 Å². The highest BCUT2D eigenvalue weighted by molar-refractivity contribution is 7.16. The first kappa shape index (κ1) is 18.8. The lowest BCUT2D eigenvalue weighted by molar-refractivity contribution is -0.121. The lowest BCUT2D eigenvalue weighted by atomic mass is 9.77. The Hall–Kier alpha value is -1.99. The van der Waals surface area contributed by atoms with E-state index in [0.29, 0.717) is 22.0 Å². The molecule has 0 aliphatic carbocycles. The molecular weight excluding hydrogens is 377 g/mol. The van der Waals surface area contributed by atoms with Crippen molar-refractivity contribution in [3.8, 4) is 10.6 Å². The normalized spacial score (nSPS) is 18.6. The van der Waals surface area contributed by atoms with Crippen molar-refractivity contribution in [1.29, 1.82) is 0 Å². The number of halogens is 2. The molecular formula is C18H19ClFN3O2S. The van der Waals surface area contributed by atoms with E-state index in [1.165, 1.54) is 18.3 Å². The van der Waals surface area contributed by atoms with Crippen molar-refractivity contribution >= 4 is 34.8 Å². The van der Waals surface area contributed by atoms with Crippen LogP contribution in [0.4, 0.5) is 4.39 Å². The smallest absolute Gasteiger partial charge is 0.263 e. The molecule has 1 aliphatic heterocycles. The van der Waals surface area contributed by atoms with Crippen molar-refractivity contribution < 1.29 is 14.0 Å². The minimum absolute atomic E-state index is 0.163. The molecule has 1 atom stereocenters. The number of rotatable bonds is 5. The van der Waals surface area contributed by atoms with Crippen LogP contribution < -0.4 is 10.6 Å². The number of amides is 2. The Kier molecular flexibility index (Phi) is 5.29. The first-order valence-electron chi connectivity index (χ1n) is 8.39. The van der Waals surface area contributed by atoms with E-state index in [2.05, 4.69) is 15.6 Å². The Morgan fingerprint density at radius 2 is 2.15 bits per heavy atom. The van der Waals surface area contributed by atoms with Crippen LogP contribution in [0.2, 0.25) is 5.02 Å². The molecule has 26 heavy (non-hydrogen) atoms. The maximum atomic E-state index is 13.5. The molecule has 0 unspecified atom stereocenters. The molecule has 0 spiro atoms. The maximum absolute atomic E-state index is 13.5. The largest absolute Gasteiger partial charge is 0.354 e. The van der Waals surface area contributed by atoms with Crippen LogP contribution in [-0.4, -0.2) is 29.4 Å². The second-order valence-electron chi connectivity index (χ2n) is 6.38. The van der Waals surface area contributed by atoms with Gasteiger partial charge in [-0.1, -0.05) is 25.4 Å². The molecule has 0 bridgehead atoms. The minimum atomic E-state index is -0.570. The van der Waals surface area contributed by atoms with Crippen LogP contribution in [0.3, 0.4) is 0 Å². The van der Waals surface area contributed by atoms with Gasteiger partial charge in [-0.05, 0) is 31.0 Å². The van der Waals surface area contributed by atoms with Gasteiger partial charge in [-0.15, -0.1) is 11.3 Å². The third-order valence-electron chi connectivity index (χ3n) is 5.01. The molecule has 1 aliphatic rings. The highest BCUT2D eigenvalue weighted by atomic mass is 35.5. The fourth-order valence-electron chi connectivity index (χ4n) is 3.26. The number of benzene rings is 1. The summed E-state index contributed by atoms with van der Waals surface area (Å²) in [6, 6.07) is 3.55. The molecule has 8 heteroatoms. The Balaban J connectivity index is 1.81. The SMILES string of the molecule is CCC1(CC)CNC(=O)[C@H]1NC(=O)c1cnc(-c2cc(F)cc(Cl)c2)s1. The highest BCUT2D eigenvalue weighted by Crippen LogP contribution is 2.34. The Morgan fingerprint density at radius 3 is 2.81 bits per heavy atom. The highest BCUT2D eigenvalue weighted by Gasteiger charge is 2.46. The van der Waals surface area contributed by atoms with E-state index >= 15 is 0 Å². The minimum Gasteiger partial charge on any atom is -0.354 e. The van der Waals surface area contributed by atoms with Gasteiger partial charge >= 0.3 is 0 Å². The van der Waals surface area contributed by atoms with Crippen LogP contribution in [0.5, 0.6) is 0 Å². The second kappa shape index (κ2) is 7.32.